The molecule has 0 aromatic carbocycles. The van der Waals surface area contributed by atoms with Crippen LogP contribution in [0.1, 0.15) is 10.5 Å². The molecular weight excluding hydrogens is 177 g/mol. The van der Waals surface area contributed by atoms with Gasteiger partial charge in [0.25, 0.3) is 0 Å². The molecule has 1 aromatic rings. The third-order valence-corrected chi connectivity index (χ3v) is 0.720. The molecule has 11 heavy (non-hydrogen) atoms. The second-order valence-corrected chi connectivity index (χ2v) is 1.26. The molecule has 48 valence electrons. The number of rotatable bonds is 1. The molecule has 1 rings (SSSR count). The second kappa shape index (κ2) is 9.77. The first-order valence-electron chi connectivity index (χ1n) is 2.04. The van der Waals surface area contributed by atoms with Gasteiger partial charge in [-0.15, -0.1) is 0 Å². The van der Waals surface area contributed by atoms with Crippen LogP contribution in [-0.2, 0) is 0 Å². The number of carboxylic acid groups (broad SMARTS) is 1. The maximum atomic E-state index is 9.98. The summed E-state index contributed by atoms with van der Waals surface area (Å²) in [6.07, 6.45) is 1.46. The van der Waals surface area contributed by atoms with Gasteiger partial charge < -0.3 is 5.11 Å². The summed E-state index contributed by atoms with van der Waals surface area (Å²) in [6.45, 7) is 0. The Morgan fingerprint density at radius 1 is 1.45 bits per heavy atom. The van der Waals surface area contributed by atoms with Crippen LogP contribution in [0.2, 0.25) is 0 Å². The first kappa shape index (κ1) is 18.5. The van der Waals surface area contributed by atoms with Gasteiger partial charge in [0.2, 0.25) is 0 Å². The number of carboxylic acids is 1. The number of hydrogen-bond acceptors (Lipinski definition) is 2. The van der Waals surface area contributed by atoms with Crippen molar-refractivity contribution in [2.45, 2.75) is 0 Å². The van der Waals surface area contributed by atoms with Crippen molar-refractivity contribution in [1.82, 2.24) is 10.2 Å². The summed E-state index contributed by atoms with van der Waals surface area (Å²) in [4.78, 5) is 9.98. The van der Waals surface area contributed by atoms with Gasteiger partial charge in [-0.05, 0) is 6.07 Å². The van der Waals surface area contributed by atoms with Crippen LogP contribution in [0.5, 0.6) is 0 Å². The van der Waals surface area contributed by atoms with Crippen molar-refractivity contribution in [2.75, 3.05) is 0 Å². The standard InChI is InChI=1S/C4H4N2O2.3Na.3H/c7-4(8)3-1-2-5-6-3;;;;;;/h1-2H,(H,5,6)(H,7,8);;;;;;. The second-order valence-electron chi connectivity index (χ2n) is 1.26. The van der Waals surface area contributed by atoms with Gasteiger partial charge in [-0.25, -0.2) is 4.79 Å². The topological polar surface area (TPSA) is 66.0 Å². The molecule has 0 radical (unpaired) electrons. The van der Waals surface area contributed by atoms with Crippen molar-refractivity contribution in [3.8, 4) is 0 Å². The van der Waals surface area contributed by atoms with Crippen LogP contribution in [0.3, 0.4) is 0 Å². The average molecular weight is 184 g/mol. The van der Waals surface area contributed by atoms with Crippen LogP contribution in [0, 0.1) is 0 Å². The Morgan fingerprint density at radius 3 is 2.18 bits per heavy atom. The number of carbonyl (C=O) groups is 1. The number of nitrogens with zero attached hydrogens (tertiary/aromatic N) is 1. The van der Waals surface area contributed by atoms with Crippen molar-refractivity contribution in [1.29, 1.82) is 0 Å². The summed E-state index contributed by atoms with van der Waals surface area (Å²) in [5.41, 5.74) is 0.0463. The Labute approximate surface area is 130 Å². The number of aromatic carboxylic acids is 1. The molecular formula is C4H7N2Na3O2. The van der Waals surface area contributed by atoms with Crippen LogP contribution >= 0.6 is 0 Å². The SMILES string of the molecule is O=C(O)c1cc[nH]n1.[NaH].[NaH].[NaH]. The van der Waals surface area contributed by atoms with Gasteiger partial charge in [-0.3, -0.25) is 5.10 Å². The predicted octanol–water partition coefficient (Wildman–Crippen LogP) is -1.84. The van der Waals surface area contributed by atoms with Gasteiger partial charge in [0.15, 0.2) is 5.69 Å². The average Bonchev–Trinajstić information content (AvgIpc) is 2.12. The van der Waals surface area contributed by atoms with Crippen LogP contribution in [-0.4, -0.2) is 110 Å². The van der Waals surface area contributed by atoms with Gasteiger partial charge in [-0.1, -0.05) is 0 Å². The third-order valence-electron chi connectivity index (χ3n) is 0.720. The molecule has 4 nitrogen and oxygen atoms in total. The van der Waals surface area contributed by atoms with Gasteiger partial charge >= 0.3 is 94.6 Å². The Morgan fingerprint density at radius 2 is 2.00 bits per heavy atom. The van der Waals surface area contributed by atoms with E-state index in [9.17, 15) is 4.79 Å². The van der Waals surface area contributed by atoms with E-state index in [0.717, 1.165) is 0 Å². The zero-order chi connectivity index (χ0) is 5.98. The minimum absolute atomic E-state index is 0. The Balaban J connectivity index is -0.000000213. The Bertz CT molecular complexity index is 189. The van der Waals surface area contributed by atoms with Crippen LogP contribution in [0.25, 0.3) is 0 Å². The predicted molar refractivity (Wildman–Crippen MR) is 47.0 cm³/mol. The molecule has 0 saturated heterocycles. The molecule has 0 bridgehead atoms. The van der Waals surface area contributed by atoms with E-state index < -0.39 is 5.97 Å². The molecule has 0 unspecified atom stereocenters. The van der Waals surface area contributed by atoms with E-state index in [1.165, 1.54) is 12.3 Å². The van der Waals surface area contributed by atoms with E-state index in [1.54, 1.807) is 0 Å². The monoisotopic (exact) mass is 184 g/mol. The Hall–Kier alpha value is 1.68. The molecule has 7 heteroatoms. The van der Waals surface area contributed by atoms with Gasteiger partial charge in [0.05, 0.1) is 0 Å². The van der Waals surface area contributed by atoms with Crippen molar-refractivity contribution in [3.05, 3.63) is 18.0 Å². The summed E-state index contributed by atoms with van der Waals surface area (Å²) in [5.74, 6) is -1.01. The third kappa shape index (κ3) is 6.81. The zero-order valence-electron chi connectivity index (χ0n) is 3.96. The number of hydrogen-bond donors (Lipinski definition) is 2. The van der Waals surface area contributed by atoms with E-state index in [0.29, 0.717) is 0 Å². The normalized spacial score (nSPS) is 6.55. The van der Waals surface area contributed by atoms with E-state index >= 15 is 0 Å². The van der Waals surface area contributed by atoms with E-state index in [1.807, 2.05) is 0 Å². The molecule has 0 spiro atoms. The van der Waals surface area contributed by atoms with Gasteiger partial charge in [0.1, 0.15) is 0 Å². The summed E-state index contributed by atoms with van der Waals surface area (Å²) in [6, 6.07) is 1.39. The molecule has 0 aliphatic rings. The number of aromatic amines is 1. The van der Waals surface area contributed by atoms with Crippen molar-refractivity contribution in [2.24, 2.45) is 0 Å². The van der Waals surface area contributed by atoms with E-state index in [-0.39, 0.29) is 94.4 Å². The van der Waals surface area contributed by atoms with Gasteiger partial charge in [0, 0.05) is 6.20 Å². The van der Waals surface area contributed by atoms with Crippen molar-refractivity contribution < 1.29 is 9.90 Å². The minimum atomic E-state index is -1.01. The fourth-order valence-electron chi connectivity index (χ4n) is 0.379. The number of H-pyrrole nitrogens is 1. The van der Waals surface area contributed by atoms with E-state index in [2.05, 4.69) is 10.2 Å². The van der Waals surface area contributed by atoms with Gasteiger partial charge in [-0.2, -0.15) is 5.10 Å². The summed E-state index contributed by atoms with van der Waals surface area (Å²) in [7, 11) is 0. The maximum absolute atomic E-state index is 9.98. The molecule has 0 amide bonds. The fourth-order valence-corrected chi connectivity index (χ4v) is 0.379. The quantitative estimate of drug-likeness (QED) is 0.504. The molecule has 0 aliphatic carbocycles. The molecule has 0 atom stereocenters. The molecule has 0 fully saturated rings. The first-order valence-corrected chi connectivity index (χ1v) is 2.04. The molecule has 1 heterocycles. The van der Waals surface area contributed by atoms with Crippen LogP contribution in [0.15, 0.2) is 12.3 Å². The van der Waals surface area contributed by atoms with Crippen LogP contribution in [0.4, 0.5) is 0 Å². The van der Waals surface area contributed by atoms with Crippen molar-refractivity contribution >= 4 is 94.6 Å². The molecule has 0 saturated carbocycles. The number of aromatic nitrogens is 2. The molecule has 0 aliphatic heterocycles. The summed E-state index contributed by atoms with van der Waals surface area (Å²) < 4.78 is 0. The summed E-state index contributed by atoms with van der Waals surface area (Å²) >= 11 is 0. The molecule has 2 N–H and O–H groups in total. The fraction of sp³-hybridized carbons (Fsp3) is 0. The Kier molecular flexibility index (Phi) is 16.4. The summed E-state index contributed by atoms with van der Waals surface area (Å²) in [5, 5.41) is 14.0. The molecule has 1 aromatic heterocycles. The first-order chi connectivity index (χ1) is 3.80. The number of nitrogens with one attached hydrogen (secondary N) is 1. The van der Waals surface area contributed by atoms with Crippen molar-refractivity contribution in [3.63, 3.8) is 0 Å². The van der Waals surface area contributed by atoms with E-state index in [4.69, 9.17) is 5.11 Å². The zero-order valence-corrected chi connectivity index (χ0v) is 3.96. The van der Waals surface area contributed by atoms with Crippen LogP contribution < -0.4 is 0 Å².